The lowest BCUT2D eigenvalue weighted by atomic mass is 10.1. The third-order valence-electron chi connectivity index (χ3n) is 1.51. The second-order valence-corrected chi connectivity index (χ2v) is 2.90. The molecule has 0 saturated heterocycles. The smallest absolute Gasteiger partial charge is 0.122 e. The van der Waals surface area contributed by atoms with E-state index in [-0.39, 0.29) is 5.84 Å². The highest BCUT2D eigenvalue weighted by Crippen LogP contribution is 2.13. The molecule has 1 aromatic carbocycles. The summed E-state index contributed by atoms with van der Waals surface area (Å²) in [4.78, 5) is 0.926. The lowest BCUT2D eigenvalue weighted by molar-refractivity contribution is 1.29. The number of nitrogens with two attached hydrogens (primary N) is 1. The van der Waals surface area contributed by atoms with Gasteiger partial charge in [-0.15, -0.1) is 12.6 Å². The Balaban J connectivity index is 3.15. The molecule has 0 saturated carbocycles. The summed E-state index contributed by atoms with van der Waals surface area (Å²) >= 11 is 4.20. The van der Waals surface area contributed by atoms with Gasteiger partial charge >= 0.3 is 0 Å². The average Bonchev–Trinajstić information content (AvgIpc) is 1.94. The minimum atomic E-state index is 0.0985. The van der Waals surface area contributed by atoms with E-state index in [2.05, 4.69) is 12.6 Å². The van der Waals surface area contributed by atoms with Crippen molar-refractivity contribution in [1.82, 2.24) is 0 Å². The highest BCUT2D eigenvalue weighted by molar-refractivity contribution is 7.80. The van der Waals surface area contributed by atoms with Crippen molar-refractivity contribution in [3.63, 3.8) is 0 Å². The Morgan fingerprint density at radius 1 is 1.55 bits per heavy atom. The predicted molar refractivity (Wildman–Crippen MR) is 49.4 cm³/mol. The van der Waals surface area contributed by atoms with E-state index >= 15 is 0 Å². The van der Waals surface area contributed by atoms with Crippen LogP contribution in [0.2, 0.25) is 0 Å². The monoisotopic (exact) mass is 166 g/mol. The van der Waals surface area contributed by atoms with Gasteiger partial charge in [-0.25, -0.2) is 0 Å². The third-order valence-corrected chi connectivity index (χ3v) is 2.01. The van der Waals surface area contributed by atoms with Gasteiger partial charge in [0.15, 0.2) is 0 Å². The Kier molecular flexibility index (Phi) is 2.19. The summed E-state index contributed by atoms with van der Waals surface area (Å²) in [6, 6.07) is 5.48. The van der Waals surface area contributed by atoms with Gasteiger partial charge in [0.1, 0.15) is 5.84 Å². The van der Waals surface area contributed by atoms with E-state index in [1.165, 1.54) is 0 Å². The topological polar surface area (TPSA) is 49.9 Å². The highest BCUT2D eigenvalue weighted by atomic mass is 32.1. The molecular weight excluding hydrogens is 156 g/mol. The molecule has 0 radical (unpaired) electrons. The first-order chi connectivity index (χ1) is 5.11. The quantitative estimate of drug-likeness (QED) is 0.331. The van der Waals surface area contributed by atoms with Crippen molar-refractivity contribution < 1.29 is 0 Å². The maximum Gasteiger partial charge on any atom is 0.122 e. The van der Waals surface area contributed by atoms with Gasteiger partial charge in [0.25, 0.3) is 0 Å². The molecule has 0 fully saturated rings. The first-order valence-corrected chi connectivity index (χ1v) is 3.70. The molecule has 3 heteroatoms. The summed E-state index contributed by atoms with van der Waals surface area (Å²) in [6.07, 6.45) is 0. The van der Waals surface area contributed by atoms with Gasteiger partial charge in [0, 0.05) is 10.5 Å². The van der Waals surface area contributed by atoms with Gasteiger partial charge in [-0.3, -0.25) is 5.41 Å². The Hall–Kier alpha value is -0.960. The number of aryl methyl sites for hydroxylation is 1. The number of nitrogen functional groups attached to an aromatic ring is 1. The largest absolute Gasteiger partial charge is 0.384 e. The molecule has 11 heavy (non-hydrogen) atoms. The van der Waals surface area contributed by atoms with Crippen molar-refractivity contribution in [2.45, 2.75) is 11.8 Å². The van der Waals surface area contributed by atoms with E-state index in [9.17, 15) is 0 Å². The van der Waals surface area contributed by atoms with Crippen molar-refractivity contribution >= 4 is 18.5 Å². The summed E-state index contributed by atoms with van der Waals surface area (Å²) in [5, 5.41) is 7.16. The maximum atomic E-state index is 7.16. The molecule has 0 unspecified atom stereocenters. The fraction of sp³-hybridized carbons (Fsp3) is 0.125. The van der Waals surface area contributed by atoms with Gasteiger partial charge in [0.05, 0.1) is 0 Å². The number of nitrogens with one attached hydrogen (secondary N) is 1. The van der Waals surface area contributed by atoms with E-state index in [1.807, 2.05) is 19.1 Å². The molecule has 0 heterocycles. The van der Waals surface area contributed by atoms with Crippen molar-refractivity contribution in [1.29, 1.82) is 5.41 Å². The Bertz CT molecular complexity index is 294. The Labute approximate surface area is 71.3 Å². The second kappa shape index (κ2) is 2.96. The number of benzene rings is 1. The van der Waals surface area contributed by atoms with Gasteiger partial charge in [0.2, 0.25) is 0 Å². The molecule has 0 bridgehead atoms. The van der Waals surface area contributed by atoms with E-state index in [1.54, 1.807) is 6.07 Å². The SMILES string of the molecule is Cc1cc(C(=N)N)ccc1S. The molecule has 2 nitrogen and oxygen atoms in total. The van der Waals surface area contributed by atoms with Crippen LogP contribution in [0.15, 0.2) is 23.1 Å². The summed E-state index contributed by atoms with van der Waals surface area (Å²) < 4.78 is 0. The van der Waals surface area contributed by atoms with Gasteiger partial charge in [-0.05, 0) is 24.6 Å². The van der Waals surface area contributed by atoms with Crippen molar-refractivity contribution in [3.8, 4) is 0 Å². The molecular formula is C8H10N2S. The van der Waals surface area contributed by atoms with Crippen LogP contribution in [-0.2, 0) is 0 Å². The predicted octanol–water partition coefficient (Wildman–Crippen LogP) is 1.57. The fourth-order valence-corrected chi connectivity index (χ4v) is 0.962. The molecule has 3 N–H and O–H groups in total. The maximum absolute atomic E-state index is 7.16. The molecule has 0 aromatic heterocycles. The summed E-state index contributed by atoms with van der Waals surface area (Å²) in [5.74, 6) is 0.0985. The van der Waals surface area contributed by atoms with Crippen LogP contribution in [0.5, 0.6) is 0 Å². The summed E-state index contributed by atoms with van der Waals surface area (Å²) in [5.41, 5.74) is 7.08. The number of amidine groups is 1. The number of rotatable bonds is 1. The van der Waals surface area contributed by atoms with Gasteiger partial charge < -0.3 is 5.73 Å². The first kappa shape index (κ1) is 8.14. The van der Waals surface area contributed by atoms with Crippen LogP contribution in [0.4, 0.5) is 0 Å². The Morgan fingerprint density at radius 3 is 2.64 bits per heavy atom. The molecule has 0 spiro atoms. The van der Waals surface area contributed by atoms with Gasteiger partial charge in [-0.2, -0.15) is 0 Å². The molecule has 0 amide bonds. The first-order valence-electron chi connectivity index (χ1n) is 3.25. The number of thiol groups is 1. The third kappa shape index (κ3) is 1.74. The van der Waals surface area contributed by atoms with E-state index in [4.69, 9.17) is 11.1 Å². The fourth-order valence-electron chi connectivity index (χ4n) is 0.823. The number of hydrogen-bond donors (Lipinski definition) is 3. The Morgan fingerprint density at radius 2 is 2.18 bits per heavy atom. The summed E-state index contributed by atoms with van der Waals surface area (Å²) in [7, 11) is 0. The minimum Gasteiger partial charge on any atom is -0.384 e. The van der Waals surface area contributed by atoms with Crippen molar-refractivity contribution in [3.05, 3.63) is 29.3 Å². The van der Waals surface area contributed by atoms with Crippen LogP contribution >= 0.6 is 12.6 Å². The van der Waals surface area contributed by atoms with Crippen LogP contribution in [0.25, 0.3) is 0 Å². The van der Waals surface area contributed by atoms with Crippen LogP contribution < -0.4 is 5.73 Å². The standard InChI is InChI=1S/C8H10N2S/c1-5-4-6(8(9)10)2-3-7(5)11/h2-4,11H,1H3,(H3,9,10). The summed E-state index contributed by atoms with van der Waals surface area (Å²) in [6.45, 7) is 1.94. The van der Waals surface area contributed by atoms with Crippen molar-refractivity contribution in [2.24, 2.45) is 5.73 Å². The van der Waals surface area contributed by atoms with E-state index in [0.29, 0.717) is 0 Å². The van der Waals surface area contributed by atoms with E-state index in [0.717, 1.165) is 16.0 Å². The highest BCUT2D eigenvalue weighted by Gasteiger charge is 1.97. The number of hydrogen-bond acceptors (Lipinski definition) is 2. The molecule has 58 valence electrons. The molecule has 1 aromatic rings. The van der Waals surface area contributed by atoms with Crippen LogP contribution in [0, 0.1) is 12.3 Å². The molecule has 0 aliphatic carbocycles. The lowest BCUT2D eigenvalue weighted by Gasteiger charge is -2.01. The van der Waals surface area contributed by atoms with E-state index < -0.39 is 0 Å². The van der Waals surface area contributed by atoms with Crippen molar-refractivity contribution in [2.75, 3.05) is 0 Å². The van der Waals surface area contributed by atoms with Crippen LogP contribution in [-0.4, -0.2) is 5.84 Å². The molecule has 0 atom stereocenters. The van der Waals surface area contributed by atoms with Crippen LogP contribution in [0.3, 0.4) is 0 Å². The zero-order chi connectivity index (χ0) is 8.43. The lowest BCUT2D eigenvalue weighted by Crippen LogP contribution is -2.10. The zero-order valence-corrected chi connectivity index (χ0v) is 7.15. The van der Waals surface area contributed by atoms with Crippen LogP contribution in [0.1, 0.15) is 11.1 Å². The molecule has 0 aliphatic heterocycles. The average molecular weight is 166 g/mol. The second-order valence-electron chi connectivity index (χ2n) is 2.41. The molecule has 1 rings (SSSR count). The van der Waals surface area contributed by atoms with Gasteiger partial charge in [-0.1, -0.05) is 6.07 Å². The zero-order valence-electron chi connectivity index (χ0n) is 6.26. The minimum absolute atomic E-state index is 0.0985. The molecule has 0 aliphatic rings. The normalized spacial score (nSPS) is 9.64.